The molecule has 6 nitrogen and oxygen atoms in total. The first kappa shape index (κ1) is 19.0. The van der Waals surface area contributed by atoms with Crippen LogP contribution < -0.4 is 15.4 Å². The molecule has 0 heterocycles. The predicted octanol–water partition coefficient (Wildman–Crippen LogP) is 1.27. The van der Waals surface area contributed by atoms with E-state index in [1.165, 1.54) is 4.90 Å². The molecule has 0 saturated carbocycles. The SMILES string of the molecule is CN(C)C(=O)COc1cccc(C(=O)NCCNC(C)(C)C)c1. The van der Waals surface area contributed by atoms with Gasteiger partial charge in [0.15, 0.2) is 6.61 Å². The van der Waals surface area contributed by atoms with Crippen LogP contribution in [0.25, 0.3) is 0 Å². The molecule has 0 aromatic heterocycles. The molecule has 2 amide bonds. The lowest BCUT2D eigenvalue weighted by atomic mass is 10.1. The van der Waals surface area contributed by atoms with Crippen LogP contribution in [0.4, 0.5) is 0 Å². The second-order valence-electron chi connectivity index (χ2n) is 6.54. The van der Waals surface area contributed by atoms with E-state index in [4.69, 9.17) is 4.74 Å². The Morgan fingerprint density at radius 2 is 1.87 bits per heavy atom. The van der Waals surface area contributed by atoms with E-state index in [1.54, 1.807) is 38.4 Å². The molecule has 6 heteroatoms. The van der Waals surface area contributed by atoms with Crippen LogP contribution in [0.1, 0.15) is 31.1 Å². The third kappa shape index (κ3) is 7.65. The summed E-state index contributed by atoms with van der Waals surface area (Å²) in [7, 11) is 3.34. The molecule has 0 saturated heterocycles. The van der Waals surface area contributed by atoms with Crippen LogP contribution in [0.5, 0.6) is 5.75 Å². The summed E-state index contributed by atoms with van der Waals surface area (Å²) in [5.74, 6) is 0.207. The van der Waals surface area contributed by atoms with Gasteiger partial charge in [-0.15, -0.1) is 0 Å². The fourth-order valence-corrected chi connectivity index (χ4v) is 1.72. The van der Waals surface area contributed by atoms with Crippen molar-refractivity contribution in [3.05, 3.63) is 29.8 Å². The van der Waals surface area contributed by atoms with Gasteiger partial charge in [-0.05, 0) is 39.0 Å². The maximum absolute atomic E-state index is 12.1. The van der Waals surface area contributed by atoms with E-state index in [1.807, 2.05) is 0 Å². The fourth-order valence-electron chi connectivity index (χ4n) is 1.72. The summed E-state index contributed by atoms with van der Waals surface area (Å²) < 4.78 is 5.41. The van der Waals surface area contributed by atoms with Gasteiger partial charge in [0.05, 0.1) is 0 Å². The van der Waals surface area contributed by atoms with Gasteiger partial charge in [-0.25, -0.2) is 0 Å². The standard InChI is InChI=1S/C17H27N3O3/c1-17(2,3)19-10-9-18-16(22)13-7-6-8-14(11-13)23-12-15(21)20(4)5/h6-8,11,19H,9-10,12H2,1-5H3,(H,18,22). The van der Waals surface area contributed by atoms with Crippen molar-refractivity contribution in [1.82, 2.24) is 15.5 Å². The molecule has 0 aliphatic rings. The number of hydrogen-bond acceptors (Lipinski definition) is 4. The lowest BCUT2D eigenvalue weighted by Gasteiger charge is -2.20. The number of hydrogen-bond donors (Lipinski definition) is 2. The van der Waals surface area contributed by atoms with Gasteiger partial charge >= 0.3 is 0 Å². The smallest absolute Gasteiger partial charge is 0.259 e. The average molecular weight is 321 g/mol. The molecule has 0 atom stereocenters. The Kier molecular flexibility index (Phi) is 7.03. The van der Waals surface area contributed by atoms with Crippen molar-refractivity contribution in [2.24, 2.45) is 0 Å². The molecular weight excluding hydrogens is 294 g/mol. The van der Waals surface area contributed by atoms with Gasteiger partial charge in [-0.1, -0.05) is 6.07 Å². The largest absolute Gasteiger partial charge is 0.484 e. The second kappa shape index (κ2) is 8.53. The maximum Gasteiger partial charge on any atom is 0.259 e. The monoisotopic (exact) mass is 321 g/mol. The van der Waals surface area contributed by atoms with Crippen molar-refractivity contribution < 1.29 is 14.3 Å². The van der Waals surface area contributed by atoms with Gasteiger partial charge in [-0.2, -0.15) is 0 Å². The van der Waals surface area contributed by atoms with Gasteiger partial charge < -0.3 is 20.3 Å². The van der Waals surface area contributed by atoms with Crippen LogP contribution in [-0.4, -0.2) is 56.0 Å². The fraction of sp³-hybridized carbons (Fsp3) is 0.529. The highest BCUT2D eigenvalue weighted by molar-refractivity contribution is 5.94. The highest BCUT2D eigenvalue weighted by Crippen LogP contribution is 2.13. The van der Waals surface area contributed by atoms with Gasteiger partial charge in [0, 0.05) is 38.3 Å². The predicted molar refractivity (Wildman–Crippen MR) is 90.7 cm³/mol. The second-order valence-corrected chi connectivity index (χ2v) is 6.54. The Morgan fingerprint density at radius 1 is 1.17 bits per heavy atom. The highest BCUT2D eigenvalue weighted by atomic mass is 16.5. The molecule has 0 aliphatic carbocycles. The quantitative estimate of drug-likeness (QED) is 0.742. The van der Waals surface area contributed by atoms with E-state index in [0.29, 0.717) is 24.4 Å². The topological polar surface area (TPSA) is 70.7 Å². The zero-order chi connectivity index (χ0) is 17.5. The molecule has 23 heavy (non-hydrogen) atoms. The number of rotatable bonds is 7. The maximum atomic E-state index is 12.1. The molecule has 0 aliphatic heterocycles. The summed E-state index contributed by atoms with van der Waals surface area (Å²) in [4.78, 5) is 25.1. The van der Waals surface area contributed by atoms with Crippen molar-refractivity contribution in [3.8, 4) is 5.75 Å². The first-order valence-electron chi connectivity index (χ1n) is 7.65. The average Bonchev–Trinajstić information content (AvgIpc) is 2.48. The van der Waals surface area contributed by atoms with E-state index in [9.17, 15) is 9.59 Å². The number of nitrogens with one attached hydrogen (secondary N) is 2. The molecule has 128 valence electrons. The van der Waals surface area contributed by atoms with Crippen LogP contribution in [0.3, 0.4) is 0 Å². The Bertz CT molecular complexity index is 536. The molecule has 2 N–H and O–H groups in total. The molecular formula is C17H27N3O3. The number of likely N-dealkylation sites (N-methyl/N-ethyl adjacent to an activating group) is 1. The Hall–Kier alpha value is -2.08. The number of amides is 2. The Labute approximate surface area is 138 Å². The number of ether oxygens (including phenoxy) is 1. The van der Waals surface area contributed by atoms with Crippen LogP contribution in [0.2, 0.25) is 0 Å². The van der Waals surface area contributed by atoms with Crippen LogP contribution >= 0.6 is 0 Å². The molecule has 1 aromatic rings. The van der Waals surface area contributed by atoms with Gasteiger partial charge in [0.1, 0.15) is 5.75 Å². The number of carbonyl (C=O) groups excluding carboxylic acids is 2. The van der Waals surface area contributed by atoms with Gasteiger partial charge in [0.2, 0.25) is 0 Å². The van der Waals surface area contributed by atoms with E-state index in [0.717, 1.165) is 0 Å². The summed E-state index contributed by atoms with van der Waals surface area (Å²) >= 11 is 0. The van der Waals surface area contributed by atoms with E-state index in [-0.39, 0.29) is 24.0 Å². The summed E-state index contributed by atoms with van der Waals surface area (Å²) in [6, 6.07) is 6.81. The third-order valence-electron chi connectivity index (χ3n) is 3.02. The first-order chi connectivity index (χ1) is 10.7. The lowest BCUT2D eigenvalue weighted by molar-refractivity contribution is -0.130. The van der Waals surface area contributed by atoms with Crippen LogP contribution in [-0.2, 0) is 4.79 Å². The summed E-state index contributed by atoms with van der Waals surface area (Å²) in [5.41, 5.74) is 0.535. The van der Waals surface area contributed by atoms with Crippen LogP contribution in [0, 0.1) is 0 Å². The van der Waals surface area contributed by atoms with Crippen molar-refractivity contribution in [3.63, 3.8) is 0 Å². The Balaban J connectivity index is 2.49. The summed E-state index contributed by atoms with van der Waals surface area (Å²) in [5, 5.41) is 6.15. The molecule has 1 aromatic carbocycles. The minimum atomic E-state index is -0.162. The van der Waals surface area contributed by atoms with Crippen molar-refractivity contribution in [1.29, 1.82) is 0 Å². The van der Waals surface area contributed by atoms with Crippen molar-refractivity contribution in [2.75, 3.05) is 33.8 Å². The zero-order valence-corrected chi connectivity index (χ0v) is 14.6. The molecule has 0 spiro atoms. The summed E-state index contributed by atoms with van der Waals surface area (Å²) in [6.45, 7) is 7.41. The summed E-state index contributed by atoms with van der Waals surface area (Å²) in [6.07, 6.45) is 0. The minimum absolute atomic E-state index is 0.0253. The molecule has 1 rings (SSSR count). The minimum Gasteiger partial charge on any atom is -0.484 e. The van der Waals surface area contributed by atoms with E-state index < -0.39 is 0 Å². The van der Waals surface area contributed by atoms with Crippen LogP contribution in [0.15, 0.2) is 24.3 Å². The lowest BCUT2D eigenvalue weighted by Crippen LogP contribution is -2.41. The molecule has 0 radical (unpaired) electrons. The third-order valence-corrected chi connectivity index (χ3v) is 3.02. The van der Waals surface area contributed by atoms with Crippen molar-refractivity contribution >= 4 is 11.8 Å². The number of benzene rings is 1. The Morgan fingerprint density at radius 3 is 2.48 bits per heavy atom. The van der Waals surface area contributed by atoms with Gasteiger partial charge in [-0.3, -0.25) is 9.59 Å². The first-order valence-corrected chi connectivity index (χ1v) is 7.65. The van der Waals surface area contributed by atoms with E-state index >= 15 is 0 Å². The highest BCUT2D eigenvalue weighted by Gasteiger charge is 2.10. The molecule has 0 fully saturated rings. The van der Waals surface area contributed by atoms with Crippen molar-refractivity contribution in [2.45, 2.75) is 26.3 Å². The van der Waals surface area contributed by atoms with E-state index in [2.05, 4.69) is 31.4 Å². The molecule has 0 bridgehead atoms. The molecule has 0 unspecified atom stereocenters. The zero-order valence-electron chi connectivity index (χ0n) is 14.6. The number of carbonyl (C=O) groups is 2. The van der Waals surface area contributed by atoms with Gasteiger partial charge in [0.25, 0.3) is 11.8 Å². The number of nitrogens with zero attached hydrogens (tertiary/aromatic N) is 1. The normalized spacial score (nSPS) is 11.0.